The number of carbonyl (C=O) groups is 4. The Morgan fingerprint density at radius 1 is 0.396 bits per heavy atom. The van der Waals surface area contributed by atoms with Crippen LogP contribution in [0.15, 0.2) is 48.5 Å². The molecule has 14 heteroatoms. The van der Waals surface area contributed by atoms with Gasteiger partial charge in [0.1, 0.15) is 0 Å². The zero-order valence-electron chi connectivity index (χ0n) is 26.5. The molecule has 0 fully saturated rings. The maximum absolute atomic E-state index is 13.8. The number of phenols is 4. The molecule has 4 aromatic carbocycles. The lowest BCUT2D eigenvalue weighted by atomic mass is 9.87. The topological polar surface area (TPSA) is 205 Å². The monoisotopic (exact) mass is 662 g/mol. The van der Waals surface area contributed by atoms with Crippen molar-refractivity contribution in [2.24, 2.45) is 0 Å². The zero-order valence-corrected chi connectivity index (χ0v) is 26.5. The molecule has 0 atom stereocenters. The molecule has 0 bridgehead atoms. The Morgan fingerprint density at radius 3 is 0.917 bits per heavy atom. The predicted octanol–water partition coefficient (Wildman–Crippen LogP) is 4.36. The van der Waals surface area contributed by atoms with Crippen LogP contribution in [-0.4, -0.2) is 86.2 Å². The number of methoxy groups -OCH3 is 6. The number of ketones is 4. The molecule has 0 aliphatic rings. The molecule has 14 nitrogen and oxygen atoms in total. The fourth-order valence-corrected chi connectivity index (χ4v) is 4.91. The highest BCUT2D eigenvalue weighted by Gasteiger charge is 2.31. The number of aromatic hydroxyl groups is 4. The molecule has 0 amide bonds. The molecule has 48 heavy (non-hydrogen) atoms. The summed E-state index contributed by atoms with van der Waals surface area (Å²) in [6.07, 6.45) is 0. The average molecular weight is 663 g/mol. The fourth-order valence-electron chi connectivity index (χ4n) is 4.91. The van der Waals surface area contributed by atoms with Gasteiger partial charge in [0.05, 0.1) is 42.7 Å². The van der Waals surface area contributed by atoms with Gasteiger partial charge in [-0.15, -0.1) is 0 Å². The Morgan fingerprint density at radius 2 is 0.667 bits per heavy atom. The van der Waals surface area contributed by atoms with Gasteiger partial charge in [0, 0.05) is 22.3 Å². The second-order valence-corrected chi connectivity index (χ2v) is 9.92. The van der Waals surface area contributed by atoms with Crippen LogP contribution >= 0.6 is 0 Å². The van der Waals surface area contributed by atoms with Crippen molar-refractivity contribution in [2.75, 3.05) is 42.7 Å². The molecule has 0 unspecified atom stereocenters. The lowest BCUT2D eigenvalue weighted by molar-refractivity contribution is 0.0815. The number of hydrogen-bond donors (Lipinski definition) is 4. The Balaban J connectivity index is 1.91. The summed E-state index contributed by atoms with van der Waals surface area (Å²) in [6, 6.07) is 8.16. The van der Waals surface area contributed by atoms with Crippen LogP contribution in [0.4, 0.5) is 0 Å². The molecule has 250 valence electrons. The molecule has 0 radical (unpaired) electrons. The Kier molecular flexibility index (Phi) is 9.98. The van der Waals surface area contributed by atoms with Crippen LogP contribution in [-0.2, 0) is 0 Å². The SMILES string of the molecule is COc1cc(C(=O)C(=O)c2cc(O)c(O)cc2-c2cc(O)c(O)cc2C(=O)C(=O)c2cc(OC)c(OC)c(OC)c2)cc(OC)c1OC. The van der Waals surface area contributed by atoms with Crippen LogP contribution < -0.4 is 28.4 Å². The summed E-state index contributed by atoms with van der Waals surface area (Å²) in [5.74, 6) is -7.37. The first-order chi connectivity index (χ1) is 22.8. The van der Waals surface area contributed by atoms with Crippen LogP contribution in [0.1, 0.15) is 41.4 Å². The lowest BCUT2D eigenvalue weighted by Gasteiger charge is -2.16. The number of ether oxygens (including phenoxy) is 6. The molecular weight excluding hydrogens is 632 g/mol. The van der Waals surface area contributed by atoms with Gasteiger partial charge in [0.25, 0.3) is 0 Å². The van der Waals surface area contributed by atoms with Gasteiger partial charge in [-0.05, 0) is 59.7 Å². The van der Waals surface area contributed by atoms with Crippen LogP contribution in [0.5, 0.6) is 57.5 Å². The number of rotatable bonds is 13. The van der Waals surface area contributed by atoms with Crippen LogP contribution in [0.25, 0.3) is 11.1 Å². The summed E-state index contributed by atoms with van der Waals surface area (Å²) in [7, 11) is 7.91. The second-order valence-electron chi connectivity index (χ2n) is 9.92. The summed E-state index contributed by atoms with van der Waals surface area (Å²) in [4.78, 5) is 54.7. The van der Waals surface area contributed by atoms with Crippen LogP contribution in [0, 0.1) is 0 Å². The maximum atomic E-state index is 13.8. The number of carbonyl (C=O) groups excluding carboxylic acids is 4. The zero-order chi connectivity index (χ0) is 35.4. The highest BCUT2D eigenvalue weighted by molar-refractivity contribution is 6.52. The normalized spacial score (nSPS) is 10.5. The van der Waals surface area contributed by atoms with E-state index >= 15 is 0 Å². The van der Waals surface area contributed by atoms with E-state index in [4.69, 9.17) is 28.4 Å². The smallest absolute Gasteiger partial charge is 0.234 e. The maximum Gasteiger partial charge on any atom is 0.234 e. The van der Waals surface area contributed by atoms with Gasteiger partial charge in [-0.2, -0.15) is 0 Å². The van der Waals surface area contributed by atoms with Gasteiger partial charge in [0.15, 0.2) is 46.0 Å². The van der Waals surface area contributed by atoms with Crippen molar-refractivity contribution in [1.29, 1.82) is 0 Å². The van der Waals surface area contributed by atoms with E-state index in [2.05, 4.69) is 0 Å². The molecule has 4 rings (SSSR count). The van der Waals surface area contributed by atoms with Crippen molar-refractivity contribution in [3.8, 4) is 68.6 Å². The number of Topliss-reactive ketones (excluding diaryl/α,β-unsaturated/α-hetero) is 4. The molecule has 4 N–H and O–H groups in total. The van der Waals surface area contributed by atoms with Gasteiger partial charge >= 0.3 is 0 Å². The number of hydrogen-bond acceptors (Lipinski definition) is 14. The van der Waals surface area contributed by atoms with E-state index in [0.29, 0.717) is 0 Å². The third-order valence-corrected chi connectivity index (χ3v) is 7.28. The van der Waals surface area contributed by atoms with Crippen molar-refractivity contribution >= 4 is 23.1 Å². The third-order valence-electron chi connectivity index (χ3n) is 7.28. The molecule has 0 aliphatic carbocycles. The summed E-state index contributed by atoms with van der Waals surface area (Å²) in [5, 5.41) is 41.5. The van der Waals surface area contributed by atoms with Crippen molar-refractivity contribution in [3.63, 3.8) is 0 Å². The number of benzene rings is 4. The molecule has 0 heterocycles. The van der Waals surface area contributed by atoms with Crippen molar-refractivity contribution < 1.29 is 68.0 Å². The van der Waals surface area contributed by atoms with E-state index in [1.165, 1.54) is 66.9 Å². The highest BCUT2D eigenvalue weighted by Crippen LogP contribution is 2.43. The lowest BCUT2D eigenvalue weighted by Crippen LogP contribution is -2.18. The number of phenolic OH excluding ortho intramolecular Hbond substituents is 4. The Bertz CT molecular complexity index is 1770. The molecule has 0 aromatic heterocycles. The summed E-state index contributed by atoms with van der Waals surface area (Å²) in [6.45, 7) is 0. The molecule has 0 aliphatic heterocycles. The Labute approximate surface area is 273 Å². The first-order valence-electron chi connectivity index (χ1n) is 13.8. The summed E-state index contributed by atoms with van der Waals surface area (Å²) >= 11 is 0. The van der Waals surface area contributed by atoms with Crippen molar-refractivity contribution in [2.45, 2.75) is 0 Å². The molecular formula is C34H30O14. The van der Waals surface area contributed by atoms with Crippen LogP contribution in [0.3, 0.4) is 0 Å². The van der Waals surface area contributed by atoms with Crippen molar-refractivity contribution in [3.05, 3.63) is 70.8 Å². The van der Waals surface area contributed by atoms with Crippen molar-refractivity contribution in [1.82, 2.24) is 0 Å². The standard InChI is InChI=1S/C34H30O14/c1-43-25-7-15(8-26(44-2)33(25)47-5)29(39)31(41)19-13-23(37)21(35)11-17(19)18-12-22(36)24(38)14-20(18)32(42)30(40)16-9-27(45-3)34(48-6)28(10-16)46-4/h7-14,35-38H,1-6H3. The van der Waals surface area contributed by atoms with E-state index in [0.717, 1.165) is 24.3 Å². The van der Waals surface area contributed by atoms with Gasteiger partial charge in [-0.25, -0.2) is 0 Å². The second kappa shape index (κ2) is 13.9. The summed E-state index contributed by atoms with van der Waals surface area (Å²) < 4.78 is 31.6. The first kappa shape index (κ1) is 34.4. The first-order valence-corrected chi connectivity index (χ1v) is 13.8. The van der Waals surface area contributed by atoms with E-state index in [-0.39, 0.29) is 56.8 Å². The fraction of sp³-hybridized carbons (Fsp3) is 0.176. The van der Waals surface area contributed by atoms with Crippen LogP contribution in [0.2, 0.25) is 0 Å². The average Bonchev–Trinajstić information content (AvgIpc) is 3.10. The molecule has 0 spiro atoms. The minimum atomic E-state index is -1.24. The van der Waals surface area contributed by atoms with E-state index in [1.807, 2.05) is 0 Å². The third kappa shape index (κ3) is 6.18. The molecule has 0 saturated carbocycles. The quantitative estimate of drug-likeness (QED) is 0.0892. The molecule has 0 saturated heterocycles. The minimum absolute atomic E-state index is 0.0587. The van der Waals surface area contributed by atoms with E-state index < -0.39 is 57.3 Å². The van der Waals surface area contributed by atoms with Gasteiger partial charge in [-0.3, -0.25) is 19.2 Å². The predicted molar refractivity (Wildman–Crippen MR) is 168 cm³/mol. The van der Waals surface area contributed by atoms with E-state index in [9.17, 15) is 39.6 Å². The van der Waals surface area contributed by atoms with Gasteiger partial charge in [0.2, 0.25) is 34.6 Å². The van der Waals surface area contributed by atoms with E-state index in [1.54, 1.807) is 0 Å². The summed E-state index contributed by atoms with van der Waals surface area (Å²) in [5.41, 5.74) is -2.21. The minimum Gasteiger partial charge on any atom is -0.504 e. The van der Waals surface area contributed by atoms with Gasteiger partial charge < -0.3 is 48.8 Å². The molecule has 4 aromatic rings. The highest BCUT2D eigenvalue weighted by atomic mass is 16.5. The van der Waals surface area contributed by atoms with Gasteiger partial charge in [-0.1, -0.05) is 0 Å². The Hall–Kier alpha value is -6.44. The largest absolute Gasteiger partial charge is 0.504 e.